The van der Waals surface area contributed by atoms with E-state index in [2.05, 4.69) is 5.32 Å². The molecule has 2 aromatic rings. The second-order valence-corrected chi connectivity index (χ2v) is 11.8. The summed E-state index contributed by atoms with van der Waals surface area (Å²) in [5.41, 5.74) is 0.670. The molecule has 7 nitrogen and oxygen atoms in total. The number of rotatable bonds is 10. The molecule has 2 amide bonds. The second-order valence-electron chi connectivity index (χ2n) is 8.15. The highest BCUT2D eigenvalue weighted by atomic mass is 35.5. The summed E-state index contributed by atoms with van der Waals surface area (Å²) in [6.07, 6.45) is 1.67. The highest BCUT2D eigenvalue weighted by molar-refractivity contribution is 7.92. The summed E-state index contributed by atoms with van der Waals surface area (Å²) in [5, 5.41) is 4.00. The van der Waals surface area contributed by atoms with Gasteiger partial charge in [0.2, 0.25) is 21.8 Å². The summed E-state index contributed by atoms with van der Waals surface area (Å²) in [6, 6.07) is 7.99. The Morgan fingerprint density at radius 1 is 0.971 bits per heavy atom. The van der Waals surface area contributed by atoms with Crippen LogP contribution in [-0.2, 0) is 26.2 Å². The molecule has 0 unspecified atom stereocenters. The number of benzene rings is 2. The van der Waals surface area contributed by atoms with Gasteiger partial charge in [0.25, 0.3) is 0 Å². The molecule has 0 aliphatic rings. The molecule has 192 valence electrons. The minimum absolute atomic E-state index is 0.0438. The molecule has 0 saturated carbocycles. The van der Waals surface area contributed by atoms with Gasteiger partial charge in [-0.25, -0.2) is 8.42 Å². The minimum Gasteiger partial charge on any atom is -0.352 e. The Kier molecular flexibility index (Phi) is 10.5. The van der Waals surface area contributed by atoms with E-state index in [9.17, 15) is 18.0 Å². The fourth-order valence-corrected chi connectivity index (χ4v) is 4.99. The van der Waals surface area contributed by atoms with E-state index in [1.165, 1.54) is 29.2 Å². The van der Waals surface area contributed by atoms with E-state index < -0.39 is 28.5 Å². The number of nitrogens with one attached hydrogen (secondary N) is 1. The van der Waals surface area contributed by atoms with Crippen LogP contribution in [0.2, 0.25) is 20.1 Å². The zero-order valence-electron chi connectivity index (χ0n) is 19.7. The van der Waals surface area contributed by atoms with Crippen LogP contribution in [0.4, 0.5) is 5.69 Å². The minimum atomic E-state index is -3.91. The molecule has 2 aromatic carbocycles. The average molecular weight is 583 g/mol. The van der Waals surface area contributed by atoms with Crippen molar-refractivity contribution < 1.29 is 18.0 Å². The summed E-state index contributed by atoms with van der Waals surface area (Å²) < 4.78 is 26.1. The van der Waals surface area contributed by atoms with Crippen molar-refractivity contribution in [3.63, 3.8) is 0 Å². The average Bonchev–Trinajstić information content (AvgIpc) is 2.74. The fraction of sp³-hybridized carbons (Fsp3) is 0.391. The Hall–Kier alpha value is -1.71. The van der Waals surface area contributed by atoms with Crippen molar-refractivity contribution in [2.45, 2.75) is 45.8 Å². The Morgan fingerprint density at radius 3 is 2.09 bits per heavy atom. The standard InChI is InChI=1S/C23H27Cl4N3O4S/c1-5-14(2)28-23(32)15(3)29(12-16-6-7-17(24)11-21(16)27)22(31)13-30(35(4,33)34)20-9-18(25)8-19(26)10-20/h6-11,14-15H,5,12-13H2,1-4H3,(H,28,32)/t14-,15+/m1/s1. The maximum absolute atomic E-state index is 13.5. The zero-order chi connectivity index (χ0) is 26.5. The van der Waals surface area contributed by atoms with Gasteiger partial charge in [0, 0.05) is 32.7 Å². The van der Waals surface area contributed by atoms with Gasteiger partial charge in [0.15, 0.2) is 0 Å². The third-order valence-corrected chi connectivity index (χ3v) is 7.50. The lowest BCUT2D eigenvalue weighted by Crippen LogP contribution is -2.52. The first-order valence-electron chi connectivity index (χ1n) is 10.7. The predicted molar refractivity (Wildman–Crippen MR) is 143 cm³/mol. The number of nitrogens with zero attached hydrogens (tertiary/aromatic N) is 2. The molecular formula is C23H27Cl4N3O4S. The molecule has 0 heterocycles. The van der Waals surface area contributed by atoms with E-state index >= 15 is 0 Å². The molecule has 0 saturated heterocycles. The molecule has 0 aliphatic heterocycles. The van der Waals surface area contributed by atoms with Crippen molar-refractivity contribution in [2.24, 2.45) is 0 Å². The normalized spacial score (nSPS) is 13.1. The van der Waals surface area contributed by atoms with E-state index in [0.29, 0.717) is 22.0 Å². The molecule has 0 bridgehead atoms. The molecule has 0 aromatic heterocycles. The highest BCUT2D eigenvalue weighted by Crippen LogP contribution is 2.28. The molecule has 35 heavy (non-hydrogen) atoms. The van der Waals surface area contributed by atoms with E-state index in [1.807, 2.05) is 13.8 Å². The van der Waals surface area contributed by atoms with Crippen molar-refractivity contribution >= 4 is 73.9 Å². The Bertz CT molecular complexity index is 1170. The maximum atomic E-state index is 13.5. The van der Waals surface area contributed by atoms with Gasteiger partial charge in [-0.1, -0.05) is 59.4 Å². The van der Waals surface area contributed by atoms with E-state index in [4.69, 9.17) is 46.4 Å². The third-order valence-electron chi connectivity index (χ3n) is 5.34. The first kappa shape index (κ1) is 29.5. The van der Waals surface area contributed by atoms with E-state index in [0.717, 1.165) is 10.6 Å². The van der Waals surface area contributed by atoms with Crippen LogP contribution in [0.5, 0.6) is 0 Å². The Balaban J connectivity index is 2.45. The summed E-state index contributed by atoms with van der Waals surface area (Å²) in [7, 11) is -3.91. The number of carbonyl (C=O) groups excluding carboxylic acids is 2. The zero-order valence-corrected chi connectivity index (χ0v) is 23.5. The molecular weight excluding hydrogens is 556 g/mol. The Morgan fingerprint density at radius 2 is 1.57 bits per heavy atom. The van der Waals surface area contributed by atoms with Gasteiger partial charge >= 0.3 is 0 Å². The monoisotopic (exact) mass is 581 g/mol. The summed E-state index contributed by atoms with van der Waals surface area (Å²) >= 11 is 24.4. The Labute approximate surface area is 226 Å². The fourth-order valence-electron chi connectivity index (χ4n) is 3.18. The summed E-state index contributed by atoms with van der Waals surface area (Å²) in [4.78, 5) is 27.7. The lowest BCUT2D eigenvalue weighted by molar-refractivity contribution is -0.139. The number of halogens is 4. The first-order chi connectivity index (χ1) is 16.2. The van der Waals surface area contributed by atoms with Crippen LogP contribution < -0.4 is 9.62 Å². The van der Waals surface area contributed by atoms with Gasteiger partial charge in [-0.15, -0.1) is 0 Å². The van der Waals surface area contributed by atoms with Gasteiger partial charge in [-0.05, 0) is 56.2 Å². The number of hydrogen-bond donors (Lipinski definition) is 1. The van der Waals surface area contributed by atoms with Crippen LogP contribution in [0.1, 0.15) is 32.8 Å². The highest BCUT2D eigenvalue weighted by Gasteiger charge is 2.31. The largest absolute Gasteiger partial charge is 0.352 e. The summed E-state index contributed by atoms with van der Waals surface area (Å²) in [5.74, 6) is -1.00. The van der Waals surface area contributed by atoms with Crippen LogP contribution in [0.3, 0.4) is 0 Å². The number of hydrogen-bond acceptors (Lipinski definition) is 4. The van der Waals surface area contributed by atoms with Gasteiger partial charge in [-0.3, -0.25) is 13.9 Å². The van der Waals surface area contributed by atoms with Crippen LogP contribution in [0, 0.1) is 0 Å². The number of anilines is 1. The first-order valence-corrected chi connectivity index (χ1v) is 14.1. The van der Waals surface area contributed by atoms with Crippen molar-refractivity contribution in [2.75, 3.05) is 17.1 Å². The van der Waals surface area contributed by atoms with E-state index in [-0.39, 0.29) is 34.2 Å². The predicted octanol–water partition coefficient (Wildman–Crippen LogP) is 5.40. The molecule has 0 aliphatic carbocycles. The number of carbonyl (C=O) groups is 2. The second kappa shape index (κ2) is 12.5. The van der Waals surface area contributed by atoms with Crippen molar-refractivity contribution in [3.05, 3.63) is 62.1 Å². The third kappa shape index (κ3) is 8.43. The number of sulfonamides is 1. The lowest BCUT2D eigenvalue weighted by Gasteiger charge is -2.32. The van der Waals surface area contributed by atoms with Gasteiger partial charge < -0.3 is 10.2 Å². The van der Waals surface area contributed by atoms with E-state index in [1.54, 1.807) is 19.1 Å². The molecule has 12 heteroatoms. The quantitative estimate of drug-likeness (QED) is 0.406. The molecule has 0 spiro atoms. The summed E-state index contributed by atoms with van der Waals surface area (Å²) in [6.45, 7) is 4.72. The van der Waals surface area contributed by atoms with Gasteiger partial charge in [-0.2, -0.15) is 0 Å². The molecule has 2 rings (SSSR count). The van der Waals surface area contributed by atoms with Crippen molar-refractivity contribution in [1.29, 1.82) is 0 Å². The van der Waals surface area contributed by atoms with Gasteiger partial charge in [0.05, 0.1) is 11.9 Å². The maximum Gasteiger partial charge on any atom is 0.244 e. The molecule has 2 atom stereocenters. The smallest absolute Gasteiger partial charge is 0.244 e. The van der Waals surface area contributed by atoms with Crippen molar-refractivity contribution in [3.8, 4) is 0 Å². The van der Waals surface area contributed by atoms with Gasteiger partial charge in [0.1, 0.15) is 12.6 Å². The molecule has 1 N–H and O–H groups in total. The van der Waals surface area contributed by atoms with Crippen LogP contribution >= 0.6 is 46.4 Å². The molecule has 0 fully saturated rings. The topological polar surface area (TPSA) is 86.8 Å². The van der Waals surface area contributed by atoms with Crippen LogP contribution in [0.25, 0.3) is 0 Å². The van der Waals surface area contributed by atoms with Crippen molar-refractivity contribution in [1.82, 2.24) is 10.2 Å². The van der Waals surface area contributed by atoms with Crippen LogP contribution in [0.15, 0.2) is 36.4 Å². The van der Waals surface area contributed by atoms with Crippen LogP contribution in [-0.4, -0.2) is 50.0 Å². The number of amides is 2. The lowest BCUT2D eigenvalue weighted by atomic mass is 10.1. The SMILES string of the molecule is CC[C@@H](C)NC(=O)[C@H](C)N(Cc1ccc(Cl)cc1Cl)C(=O)CN(c1cc(Cl)cc(Cl)c1)S(C)(=O)=O. The molecule has 0 radical (unpaired) electrons.